The van der Waals surface area contributed by atoms with E-state index >= 15 is 0 Å². The Labute approximate surface area is 222 Å². The molecule has 33 heavy (non-hydrogen) atoms. The lowest BCUT2D eigenvalue weighted by atomic mass is 10.3. The average molecular weight is 566 g/mol. The zero-order valence-electron chi connectivity index (χ0n) is 17.9. The molecule has 0 unspecified atom stereocenters. The predicted octanol–water partition coefficient (Wildman–Crippen LogP) is 7.81. The zero-order valence-corrected chi connectivity index (χ0v) is 23.6. The van der Waals surface area contributed by atoms with Crippen LogP contribution in [0.1, 0.15) is 12.5 Å². The van der Waals surface area contributed by atoms with Crippen molar-refractivity contribution in [2.45, 2.75) is 12.7 Å². The van der Waals surface area contributed by atoms with Crippen LogP contribution in [0.15, 0.2) is 75.1 Å². The van der Waals surface area contributed by atoms with Crippen LogP contribution >= 0.6 is 82.3 Å². The van der Waals surface area contributed by atoms with Crippen molar-refractivity contribution in [3.63, 3.8) is 0 Å². The van der Waals surface area contributed by atoms with Gasteiger partial charge in [-0.25, -0.2) is 14.3 Å². The summed E-state index contributed by atoms with van der Waals surface area (Å²) in [5.41, 5.74) is 1.19. The lowest BCUT2D eigenvalue weighted by Gasteiger charge is -2.10. The third kappa shape index (κ3) is 5.41. The fraction of sp³-hybridized carbons (Fsp3) is 0.190. The first-order chi connectivity index (χ1) is 16.1. The molecule has 12 heteroatoms. The van der Waals surface area contributed by atoms with Gasteiger partial charge in [-0.15, -0.1) is 35.3 Å². The monoisotopic (exact) mass is 565 g/mol. The van der Waals surface area contributed by atoms with Crippen LogP contribution < -0.4 is 0 Å². The van der Waals surface area contributed by atoms with Crippen molar-refractivity contribution in [2.75, 3.05) is 12.5 Å². The molecule has 0 saturated carbocycles. The Morgan fingerprint density at radius 2 is 1.33 bits per heavy atom. The van der Waals surface area contributed by atoms with Gasteiger partial charge in [-0.05, 0) is 49.3 Å². The van der Waals surface area contributed by atoms with Gasteiger partial charge in [-0.2, -0.15) is 10.2 Å². The molecule has 0 fully saturated rings. The molecule has 5 rings (SSSR count). The van der Waals surface area contributed by atoms with E-state index in [-0.39, 0.29) is 0 Å². The molecule has 0 bridgehead atoms. The maximum absolute atomic E-state index is 4.76. The fourth-order valence-corrected chi connectivity index (χ4v) is 12.3. The van der Waals surface area contributed by atoms with E-state index in [9.17, 15) is 0 Å². The summed E-state index contributed by atoms with van der Waals surface area (Å²) in [4.78, 5) is 6.14. The Kier molecular flexibility index (Phi) is 7.90. The molecule has 2 aliphatic rings. The molecule has 3 aromatic heterocycles. The van der Waals surface area contributed by atoms with Crippen LogP contribution in [-0.2, 0) is 5.75 Å². The van der Waals surface area contributed by atoms with Gasteiger partial charge in [0.1, 0.15) is 0 Å². The van der Waals surface area contributed by atoms with E-state index in [1.165, 1.54) is 31.7 Å². The van der Waals surface area contributed by atoms with Gasteiger partial charge < -0.3 is 0 Å². The highest BCUT2D eigenvalue weighted by Gasteiger charge is 2.28. The van der Waals surface area contributed by atoms with E-state index in [0.717, 1.165) is 17.4 Å². The van der Waals surface area contributed by atoms with Crippen LogP contribution in [-0.4, -0.2) is 37.1 Å². The molecule has 0 aromatic carbocycles. The second kappa shape index (κ2) is 10.9. The van der Waals surface area contributed by atoms with Gasteiger partial charge in [-0.3, -0.25) is 0 Å². The van der Waals surface area contributed by atoms with Gasteiger partial charge in [0.05, 0.1) is 21.2 Å². The standard InChI is InChI=1S/C21H19N5S7/c1-13-17(31-20(30-13)21-32-18(27-2)19(28-3)33-21)29-12-14-10-15(25-8-4-6-22-25)24-16(11-14)26-9-5-7-23-26/h4-11H,12H2,1-3H3. The average Bonchev–Trinajstić information content (AvgIpc) is 3.64. The molecule has 0 atom stereocenters. The minimum atomic E-state index is 0.796. The van der Waals surface area contributed by atoms with Crippen LogP contribution in [0.4, 0.5) is 0 Å². The molecule has 0 radical (unpaired) electrons. The lowest BCUT2D eigenvalue weighted by molar-refractivity contribution is 0.800. The van der Waals surface area contributed by atoms with E-state index < -0.39 is 0 Å². The zero-order chi connectivity index (χ0) is 22.8. The van der Waals surface area contributed by atoms with Crippen LogP contribution in [0.5, 0.6) is 0 Å². The molecule has 5 heterocycles. The SMILES string of the molecule is CSC1=C(SC)SC(=C2SC(C)=C(SCc3cc(-n4cccn4)nc(-n4cccn4)c3)S2)S1. The summed E-state index contributed by atoms with van der Waals surface area (Å²) in [5, 5.41) is 8.73. The van der Waals surface area contributed by atoms with Gasteiger partial charge in [0.15, 0.2) is 11.6 Å². The summed E-state index contributed by atoms with van der Waals surface area (Å²) in [6, 6.07) is 8.03. The molecule has 5 nitrogen and oxygen atoms in total. The van der Waals surface area contributed by atoms with Crippen LogP contribution in [0, 0.1) is 0 Å². The number of allylic oxidation sites excluding steroid dienone is 1. The van der Waals surface area contributed by atoms with Crippen LogP contribution in [0.2, 0.25) is 0 Å². The van der Waals surface area contributed by atoms with Crippen molar-refractivity contribution in [1.29, 1.82) is 0 Å². The van der Waals surface area contributed by atoms with Gasteiger partial charge in [-0.1, -0.05) is 47.0 Å². The van der Waals surface area contributed by atoms with Crippen molar-refractivity contribution >= 4 is 82.3 Å². The minimum Gasteiger partial charge on any atom is -0.223 e. The maximum atomic E-state index is 4.76. The van der Waals surface area contributed by atoms with Crippen molar-refractivity contribution in [3.8, 4) is 11.6 Å². The summed E-state index contributed by atoms with van der Waals surface area (Å²) in [6.07, 6.45) is 11.7. The smallest absolute Gasteiger partial charge is 0.156 e. The Hall–Kier alpha value is -0.760. The quantitative estimate of drug-likeness (QED) is 0.283. The Morgan fingerprint density at radius 3 is 1.85 bits per heavy atom. The highest BCUT2D eigenvalue weighted by atomic mass is 32.3. The Morgan fingerprint density at radius 1 is 0.788 bits per heavy atom. The first kappa shape index (κ1) is 24.0. The normalized spacial score (nSPS) is 16.6. The molecule has 0 aliphatic carbocycles. The number of thioether (sulfide) groups is 7. The third-order valence-electron chi connectivity index (χ3n) is 4.50. The van der Waals surface area contributed by atoms with E-state index in [1.807, 2.05) is 107 Å². The molecule has 0 N–H and O–H groups in total. The molecule has 2 aliphatic heterocycles. The molecule has 3 aromatic rings. The highest BCUT2D eigenvalue weighted by Crippen LogP contribution is 2.64. The second-order valence-electron chi connectivity index (χ2n) is 6.69. The number of pyridine rings is 1. The van der Waals surface area contributed by atoms with Crippen molar-refractivity contribution in [1.82, 2.24) is 24.5 Å². The lowest BCUT2D eigenvalue weighted by Crippen LogP contribution is -2.05. The van der Waals surface area contributed by atoms with E-state index in [1.54, 1.807) is 21.8 Å². The van der Waals surface area contributed by atoms with Crippen LogP contribution in [0.25, 0.3) is 11.6 Å². The first-order valence-electron chi connectivity index (χ1n) is 9.77. The summed E-state index contributed by atoms with van der Waals surface area (Å²) < 4.78 is 10.6. The van der Waals surface area contributed by atoms with Gasteiger partial charge >= 0.3 is 0 Å². The summed E-state index contributed by atoms with van der Waals surface area (Å²) in [7, 11) is 0. The molecular formula is C21H19N5S7. The summed E-state index contributed by atoms with van der Waals surface area (Å²) >= 11 is 13.2. The molecule has 0 amide bonds. The number of hydrogen-bond donors (Lipinski definition) is 0. The largest absolute Gasteiger partial charge is 0.223 e. The molecule has 170 valence electrons. The van der Waals surface area contributed by atoms with Crippen molar-refractivity contribution in [2.24, 2.45) is 0 Å². The molecule has 0 spiro atoms. The number of aromatic nitrogens is 5. The minimum absolute atomic E-state index is 0.796. The van der Waals surface area contributed by atoms with E-state index in [4.69, 9.17) is 4.98 Å². The van der Waals surface area contributed by atoms with Crippen molar-refractivity contribution < 1.29 is 0 Å². The van der Waals surface area contributed by atoms with Gasteiger partial charge in [0.2, 0.25) is 0 Å². The highest BCUT2D eigenvalue weighted by molar-refractivity contribution is 8.43. The van der Waals surface area contributed by atoms with Gasteiger partial charge in [0, 0.05) is 35.4 Å². The first-order valence-corrected chi connectivity index (χ1v) is 16.5. The summed E-state index contributed by atoms with van der Waals surface area (Å²) in [6.45, 7) is 2.23. The third-order valence-corrected chi connectivity index (χ3v) is 14.4. The number of nitrogens with zero attached hydrogens (tertiary/aromatic N) is 5. The summed E-state index contributed by atoms with van der Waals surface area (Å²) in [5.74, 6) is 2.45. The Balaban J connectivity index is 1.33. The Bertz CT molecular complexity index is 1180. The van der Waals surface area contributed by atoms with Crippen LogP contribution in [0.3, 0.4) is 0 Å². The molecular weight excluding hydrogens is 547 g/mol. The van der Waals surface area contributed by atoms with E-state index in [2.05, 4.69) is 41.8 Å². The maximum Gasteiger partial charge on any atom is 0.156 e. The van der Waals surface area contributed by atoms with Crippen molar-refractivity contribution in [3.05, 3.63) is 80.7 Å². The number of hydrogen-bond acceptors (Lipinski definition) is 10. The molecule has 0 saturated heterocycles. The number of rotatable bonds is 7. The fourth-order valence-electron chi connectivity index (χ4n) is 3.01. The van der Waals surface area contributed by atoms with E-state index in [0.29, 0.717) is 0 Å². The topological polar surface area (TPSA) is 48.5 Å². The predicted molar refractivity (Wildman–Crippen MR) is 154 cm³/mol. The second-order valence-corrected chi connectivity index (χ2v) is 14.9. The van der Waals surface area contributed by atoms with Gasteiger partial charge in [0.25, 0.3) is 0 Å².